The van der Waals surface area contributed by atoms with Crippen LogP contribution >= 0.6 is 0 Å². The van der Waals surface area contributed by atoms with Gasteiger partial charge in [-0.05, 0) is 51.7 Å². The lowest BCUT2D eigenvalue weighted by Gasteiger charge is -2.40. The molecule has 0 saturated carbocycles. The van der Waals surface area contributed by atoms with Crippen LogP contribution in [-0.4, -0.2) is 23.1 Å². The monoisotopic (exact) mass is 231 g/mol. The average Bonchev–Trinajstić information content (AvgIpc) is 2.53. The SMILES string of the molecule is Cc1ccc(N2C3CCC2CC(N)C3)c(C)n1. The first-order valence-corrected chi connectivity index (χ1v) is 6.63. The summed E-state index contributed by atoms with van der Waals surface area (Å²) in [4.78, 5) is 7.18. The number of hydrogen-bond donors (Lipinski definition) is 1. The summed E-state index contributed by atoms with van der Waals surface area (Å²) in [5, 5.41) is 0. The molecule has 0 spiro atoms. The number of aryl methyl sites for hydroxylation is 2. The third-order valence-corrected chi connectivity index (χ3v) is 4.24. The Morgan fingerprint density at radius 2 is 1.82 bits per heavy atom. The Morgan fingerprint density at radius 1 is 1.18 bits per heavy atom. The smallest absolute Gasteiger partial charge is 0.0609 e. The molecule has 0 aromatic carbocycles. The van der Waals surface area contributed by atoms with Crippen LogP contribution in [0.5, 0.6) is 0 Å². The highest BCUT2D eigenvalue weighted by molar-refractivity contribution is 5.54. The van der Waals surface area contributed by atoms with E-state index in [4.69, 9.17) is 5.73 Å². The second-order valence-electron chi connectivity index (χ2n) is 5.58. The number of fused-ring (bicyclic) bond motifs is 2. The summed E-state index contributed by atoms with van der Waals surface area (Å²) in [6.45, 7) is 4.17. The first-order chi connectivity index (χ1) is 8.15. The van der Waals surface area contributed by atoms with Crippen LogP contribution in [0.1, 0.15) is 37.1 Å². The first-order valence-electron chi connectivity index (χ1n) is 6.63. The van der Waals surface area contributed by atoms with Crippen molar-refractivity contribution in [2.75, 3.05) is 4.90 Å². The minimum absolute atomic E-state index is 0.405. The zero-order valence-electron chi connectivity index (χ0n) is 10.7. The molecule has 2 N–H and O–H groups in total. The number of pyridine rings is 1. The third kappa shape index (κ3) is 1.82. The predicted molar refractivity (Wildman–Crippen MR) is 70.2 cm³/mol. The molecule has 3 nitrogen and oxygen atoms in total. The Morgan fingerprint density at radius 3 is 2.41 bits per heavy atom. The van der Waals surface area contributed by atoms with Gasteiger partial charge in [0.15, 0.2) is 0 Å². The van der Waals surface area contributed by atoms with Crippen molar-refractivity contribution in [3.05, 3.63) is 23.5 Å². The summed E-state index contributed by atoms with van der Waals surface area (Å²) in [5.74, 6) is 0. The fourth-order valence-corrected chi connectivity index (χ4v) is 3.56. The van der Waals surface area contributed by atoms with Crippen molar-refractivity contribution in [2.24, 2.45) is 5.73 Å². The van der Waals surface area contributed by atoms with Crippen LogP contribution in [0.15, 0.2) is 12.1 Å². The summed E-state index contributed by atoms with van der Waals surface area (Å²) in [6, 6.07) is 6.05. The molecule has 3 rings (SSSR count). The number of nitrogens with two attached hydrogens (primary N) is 1. The van der Waals surface area contributed by atoms with Crippen molar-refractivity contribution < 1.29 is 0 Å². The lowest BCUT2D eigenvalue weighted by atomic mass is 9.97. The van der Waals surface area contributed by atoms with Gasteiger partial charge in [-0.3, -0.25) is 4.98 Å². The van der Waals surface area contributed by atoms with Crippen molar-refractivity contribution in [1.82, 2.24) is 4.98 Å². The fraction of sp³-hybridized carbons (Fsp3) is 0.643. The topological polar surface area (TPSA) is 42.1 Å². The van der Waals surface area contributed by atoms with E-state index in [1.165, 1.54) is 18.5 Å². The van der Waals surface area contributed by atoms with Gasteiger partial charge in [-0.2, -0.15) is 0 Å². The number of aromatic nitrogens is 1. The van der Waals surface area contributed by atoms with Gasteiger partial charge < -0.3 is 10.6 Å². The van der Waals surface area contributed by atoms with E-state index in [1.807, 2.05) is 0 Å². The molecule has 3 heteroatoms. The number of piperidine rings is 1. The van der Waals surface area contributed by atoms with Gasteiger partial charge in [0.05, 0.1) is 11.4 Å². The highest BCUT2D eigenvalue weighted by Crippen LogP contribution is 2.39. The van der Waals surface area contributed by atoms with Crippen LogP contribution in [0.2, 0.25) is 0 Å². The molecule has 2 aliphatic rings. The van der Waals surface area contributed by atoms with Crippen molar-refractivity contribution >= 4 is 5.69 Å². The lowest BCUT2D eigenvalue weighted by molar-refractivity contribution is 0.414. The van der Waals surface area contributed by atoms with Gasteiger partial charge in [0.2, 0.25) is 0 Å². The van der Waals surface area contributed by atoms with Crippen molar-refractivity contribution in [2.45, 2.75) is 57.7 Å². The molecule has 0 amide bonds. The Balaban J connectivity index is 1.94. The predicted octanol–water partition coefficient (Wildman–Crippen LogP) is 2.16. The second kappa shape index (κ2) is 3.98. The van der Waals surface area contributed by atoms with E-state index in [9.17, 15) is 0 Å². The van der Waals surface area contributed by atoms with Crippen molar-refractivity contribution in [3.8, 4) is 0 Å². The standard InChI is InChI=1S/C14H21N3/c1-9-3-6-14(10(2)16-9)17-12-4-5-13(17)8-11(15)7-12/h3,6,11-13H,4-5,7-8,15H2,1-2H3. The molecule has 2 saturated heterocycles. The number of nitrogens with zero attached hydrogens (tertiary/aromatic N) is 2. The molecule has 1 aromatic heterocycles. The van der Waals surface area contributed by atoms with Crippen molar-refractivity contribution in [1.29, 1.82) is 0 Å². The van der Waals surface area contributed by atoms with E-state index in [2.05, 4.69) is 35.9 Å². The molecule has 2 fully saturated rings. The van der Waals surface area contributed by atoms with Crippen LogP contribution in [-0.2, 0) is 0 Å². The summed E-state index contributed by atoms with van der Waals surface area (Å²) < 4.78 is 0. The first kappa shape index (κ1) is 11.0. The van der Waals surface area contributed by atoms with E-state index in [-0.39, 0.29) is 0 Å². The zero-order valence-corrected chi connectivity index (χ0v) is 10.7. The lowest BCUT2D eigenvalue weighted by Crippen LogP contribution is -2.47. The minimum atomic E-state index is 0.405. The fourth-order valence-electron chi connectivity index (χ4n) is 3.56. The maximum atomic E-state index is 6.12. The number of anilines is 1. The number of hydrogen-bond acceptors (Lipinski definition) is 3. The van der Waals surface area contributed by atoms with Gasteiger partial charge in [0.1, 0.15) is 0 Å². The maximum absolute atomic E-state index is 6.12. The Bertz CT molecular complexity index is 415. The van der Waals surface area contributed by atoms with E-state index >= 15 is 0 Å². The zero-order chi connectivity index (χ0) is 12.0. The quantitative estimate of drug-likeness (QED) is 0.805. The molecule has 17 heavy (non-hydrogen) atoms. The van der Waals surface area contributed by atoms with Gasteiger partial charge in [0.25, 0.3) is 0 Å². The largest absolute Gasteiger partial charge is 0.364 e. The van der Waals surface area contributed by atoms with Crippen LogP contribution in [0.3, 0.4) is 0 Å². The van der Waals surface area contributed by atoms with Gasteiger partial charge >= 0.3 is 0 Å². The Hall–Kier alpha value is -1.09. The van der Waals surface area contributed by atoms with Crippen LogP contribution in [0.25, 0.3) is 0 Å². The molecule has 3 heterocycles. The molecule has 2 unspecified atom stereocenters. The minimum Gasteiger partial charge on any atom is -0.364 e. The molecule has 2 aliphatic heterocycles. The van der Waals surface area contributed by atoms with E-state index < -0.39 is 0 Å². The van der Waals surface area contributed by atoms with Gasteiger partial charge in [-0.15, -0.1) is 0 Å². The van der Waals surface area contributed by atoms with Gasteiger partial charge in [0, 0.05) is 23.8 Å². The molecule has 2 bridgehead atoms. The average molecular weight is 231 g/mol. The number of rotatable bonds is 1. The normalized spacial score (nSPS) is 31.9. The summed E-state index contributed by atoms with van der Waals surface area (Å²) >= 11 is 0. The summed E-state index contributed by atoms with van der Waals surface area (Å²) in [5.41, 5.74) is 9.71. The molecule has 0 radical (unpaired) electrons. The van der Waals surface area contributed by atoms with E-state index in [1.54, 1.807) is 0 Å². The highest BCUT2D eigenvalue weighted by Gasteiger charge is 2.40. The molecule has 2 atom stereocenters. The maximum Gasteiger partial charge on any atom is 0.0609 e. The van der Waals surface area contributed by atoms with E-state index in [0.29, 0.717) is 18.1 Å². The Kier molecular flexibility index (Phi) is 2.58. The van der Waals surface area contributed by atoms with Gasteiger partial charge in [-0.25, -0.2) is 0 Å². The van der Waals surface area contributed by atoms with Crippen LogP contribution in [0, 0.1) is 13.8 Å². The summed E-state index contributed by atoms with van der Waals surface area (Å²) in [6.07, 6.45) is 4.88. The third-order valence-electron chi connectivity index (χ3n) is 4.24. The second-order valence-corrected chi connectivity index (χ2v) is 5.58. The molecule has 0 aliphatic carbocycles. The molecular formula is C14H21N3. The summed E-state index contributed by atoms with van der Waals surface area (Å²) in [7, 11) is 0. The molecule has 92 valence electrons. The highest BCUT2D eigenvalue weighted by atomic mass is 15.2. The van der Waals surface area contributed by atoms with Crippen LogP contribution < -0.4 is 10.6 Å². The molecule has 1 aromatic rings. The molecular weight excluding hydrogens is 210 g/mol. The van der Waals surface area contributed by atoms with E-state index in [0.717, 1.165) is 24.2 Å². The van der Waals surface area contributed by atoms with Crippen LogP contribution in [0.4, 0.5) is 5.69 Å². The van der Waals surface area contributed by atoms with Crippen molar-refractivity contribution in [3.63, 3.8) is 0 Å². The Labute approximate surface area is 103 Å². The van der Waals surface area contributed by atoms with Gasteiger partial charge in [-0.1, -0.05) is 0 Å².